The number of carbonyl (C=O) groups is 1. The molecule has 0 aliphatic carbocycles. The number of nitrogens with zero attached hydrogens (tertiary/aromatic N) is 6. The molecule has 1 amide bonds. The van der Waals surface area contributed by atoms with Gasteiger partial charge in [-0.25, -0.2) is 9.67 Å². The smallest absolute Gasteiger partial charge is 0.225 e. The molecule has 1 unspecified atom stereocenters. The van der Waals surface area contributed by atoms with Crippen molar-refractivity contribution in [2.75, 3.05) is 6.54 Å². The first-order valence-corrected chi connectivity index (χ1v) is 9.41. The second-order valence-electron chi connectivity index (χ2n) is 6.88. The van der Waals surface area contributed by atoms with Gasteiger partial charge in [0.25, 0.3) is 0 Å². The lowest BCUT2D eigenvalue weighted by Gasteiger charge is -2.24. The van der Waals surface area contributed by atoms with E-state index in [4.69, 9.17) is 4.74 Å². The summed E-state index contributed by atoms with van der Waals surface area (Å²) in [7, 11) is 0. The van der Waals surface area contributed by atoms with Crippen LogP contribution < -0.4 is 4.74 Å². The van der Waals surface area contributed by atoms with Crippen LogP contribution in [0.4, 0.5) is 0 Å². The Morgan fingerprint density at radius 3 is 2.86 bits per heavy atom. The number of carbonyl (C=O) groups excluding carboxylic acids is 1. The number of ether oxygens (including phenoxy) is 1. The first kappa shape index (κ1) is 18.1. The van der Waals surface area contributed by atoms with Crippen LogP contribution in [0.15, 0.2) is 48.8 Å². The van der Waals surface area contributed by atoms with E-state index in [0.29, 0.717) is 18.8 Å². The Bertz CT molecular complexity index is 926. The molecule has 1 aliphatic rings. The van der Waals surface area contributed by atoms with Crippen LogP contribution in [0.2, 0.25) is 0 Å². The standard InChI is InChI=1S/C20H22N6O2/c1-15-7-9-16(10-8-15)28-19-6-2-4-17(22-19)18-5-3-12-26(18)20(27)11-13-25-14-21-23-24-25/h2,4,6-10,14,18H,3,5,11-13H2,1H3. The molecule has 1 atom stereocenters. The lowest BCUT2D eigenvalue weighted by Crippen LogP contribution is -2.31. The van der Waals surface area contributed by atoms with Gasteiger partial charge in [-0.1, -0.05) is 23.8 Å². The molecule has 0 N–H and O–H groups in total. The molecule has 1 aliphatic heterocycles. The van der Waals surface area contributed by atoms with Crippen LogP contribution in [0, 0.1) is 6.92 Å². The van der Waals surface area contributed by atoms with Crippen LogP contribution in [-0.4, -0.2) is 42.5 Å². The summed E-state index contributed by atoms with van der Waals surface area (Å²) < 4.78 is 7.45. The Balaban J connectivity index is 1.44. The van der Waals surface area contributed by atoms with Crippen molar-refractivity contribution in [1.29, 1.82) is 0 Å². The fourth-order valence-electron chi connectivity index (χ4n) is 3.41. The van der Waals surface area contributed by atoms with Crippen LogP contribution in [0.25, 0.3) is 0 Å². The number of tetrazole rings is 1. The first-order chi connectivity index (χ1) is 13.7. The van der Waals surface area contributed by atoms with Crippen molar-refractivity contribution in [3.8, 4) is 11.6 Å². The molecule has 0 radical (unpaired) electrons. The zero-order valence-corrected chi connectivity index (χ0v) is 15.7. The molecule has 1 fully saturated rings. The second kappa shape index (κ2) is 8.16. The van der Waals surface area contributed by atoms with Crippen LogP contribution in [0.5, 0.6) is 11.6 Å². The van der Waals surface area contributed by atoms with Crippen LogP contribution in [0.3, 0.4) is 0 Å². The number of hydrogen-bond donors (Lipinski definition) is 0. The number of benzene rings is 1. The van der Waals surface area contributed by atoms with Gasteiger partial charge in [-0.3, -0.25) is 4.79 Å². The van der Waals surface area contributed by atoms with Gasteiger partial charge in [0, 0.05) is 19.0 Å². The largest absolute Gasteiger partial charge is 0.439 e. The van der Waals surface area contributed by atoms with E-state index >= 15 is 0 Å². The third-order valence-corrected chi connectivity index (χ3v) is 4.85. The fourth-order valence-corrected chi connectivity index (χ4v) is 3.41. The van der Waals surface area contributed by atoms with Gasteiger partial charge in [0.1, 0.15) is 12.1 Å². The van der Waals surface area contributed by atoms with Gasteiger partial charge in [-0.15, -0.1) is 5.10 Å². The van der Waals surface area contributed by atoms with E-state index in [1.54, 1.807) is 4.68 Å². The van der Waals surface area contributed by atoms with Crippen LogP contribution >= 0.6 is 0 Å². The van der Waals surface area contributed by atoms with E-state index in [1.165, 1.54) is 11.9 Å². The van der Waals surface area contributed by atoms with Crippen molar-refractivity contribution in [1.82, 2.24) is 30.1 Å². The number of aromatic nitrogens is 5. The maximum Gasteiger partial charge on any atom is 0.225 e. The first-order valence-electron chi connectivity index (χ1n) is 9.41. The number of amides is 1. The van der Waals surface area contributed by atoms with E-state index in [2.05, 4.69) is 20.5 Å². The van der Waals surface area contributed by atoms with E-state index < -0.39 is 0 Å². The van der Waals surface area contributed by atoms with Gasteiger partial charge < -0.3 is 9.64 Å². The third-order valence-electron chi connectivity index (χ3n) is 4.85. The molecule has 3 aromatic rings. The SMILES string of the molecule is Cc1ccc(Oc2cccc(C3CCCN3C(=O)CCn3cnnn3)n2)cc1. The van der Waals surface area contributed by atoms with Crippen molar-refractivity contribution in [2.45, 2.75) is 38.8 Å². The highest BCUT2D eigenvalue weighted by atomic mass is 16.5. The van der Waals surface area contributed by atoms with E-state index in [0.717, 1.165) is 30.8 Å². The Kier molecular flexibility index (Phi) is 5.27. The summed E-state index contributed by atoms with van der Waals surface area (Å²) in [6, 6.07) is 13.5. The van der Waals surface area contributed by atoms with Gasteiger partial charge in [0.15, 0.2) is 0 Å². The maximum atomic E-state index is 12.7. The normalized spacial score (nSPS) is 16.3. The third kappa shape index (κ3) is 4.16. The van der Waals surface area contributed by atoms with Gasteiger partial charge in [0.2, 0.25) is 11.8 Å². The van der Waals surface area contributed by atoms with Gasteiger partial charge >= 0.3 is 0 Å². The van der Waals surface area contributed by atoms with Crippen LogP contribution in [-0.2, 0) is 11.3 Å². The molecule has 4 rings (SSSR count). The molecule has 0 spiro atoms. The van der Waals surface area contributed by atoms with Crippen molar-refractivity contribution >= 4 is 5.91 Å². The summed E-state index contributed by atoms with van der Waals surface area (Å²) in [4.78, 5) is 19.3. The zero-order valence-electron chi connectivity index (χ0n) is 15.7. The summed E-state index contributed by atoms with van der Waals surface area (Å²) in [6.45, 7) is 3.25. The number of rotatable bonds is 6. The van der Waals surface area contributed by atoms with Gasteiger partial charge in [-0.2, -0.15) is 0 Å². The van der Waals surface area contributed by atoms with Crippen molar-refractivity contribution in [3.63, 3.8) is 0 Å². The monoisotopic (exact) mass is 378 g/mol. The summed E-state index contributed by atoms with van der Waals surface area (Å²) >= 11 is 0. The van der Waals surface area contributed by atoms with E-state index in [1.807, 2.05) is 54.3 Å². The molecule has 3 heterocycles. The molecule has 144 valence electrons. The molecule has 8 heteroatoms. The van der Waals surface area contributed by atoms with Crippen LogP contribution in [0.1, 0.15) is 36.6 Å². The predicted octanol–water partition coefficient (Wildman–Crippen LogP) is 2.92. The lowest BCUT2D eigenvalue weighted by molar-refractivity contribution is -0.132. The lowest BCUT2D eigenvalue weighted by atomic mass is 10.1. The average Bonchev–Trinajstić information content (AvgIpc) is 3.40. The highest BCUT2D eigenvalue weighted by Gasteiger charge is 2.30. The highest BCUT2D eigenvalue weighted by molar-refractivity contribution is 5.76. The van der Waals surface area contributed by atoms with Gasteiger partial charge in [0.05, 0.1) is 18.3 Å². The summed E-state index contributed by atoms with van der Waals surface area (Å²) in [6.07, 6.45) is 3.74. The minimum absolute atomic E-state index is 0.0251. The molecule has 2 aromatic heterocycles. The van der Waals surface area contributed by atoms with Gasteiger partial charge in [-0.05, 0) is 48.4 Å². The number of pyridine rings is 1. The number of aryl methyl sites for hydroxylation is 2. The minimum Gasteiger partial charge on any atom is -0.439 e. The molecular weight excluding hydrogens is 356 g/mol. The molecule has 8 nitrogen and oxygen atoms in total. The van der Waals surface area contributed by atoms with Crippen molar-refractivity contribution < 1.29 is 9.53 Å². The fraction of sp³-hybridized carbons (Fsp3) is 0.350. The number of likely N-dealkylation sites (tertiary alicyclic amines) is 1. The summed E-state index contributed by atoms with van der Waals surface area (Å²) in [5, 5.41) is 11.0. The molecular formula is C20H22N6O2. The Morgan fingerprint density at radius 2 is 2.07 bits per heavy atom. The van der Waals surface area contributed by atoms with Crippen molar-refractivity contribution in [2.24, 2.45) is 0 Å². The summed E-state index contributed by atoms with van der Waals surface area (Å²) in [5.41, 5.74) is 2.04. The van der Waals surface area contributed by atoms with E-state index in [-0.39, 0.29) is 11.9 Å². The molecule has 0 bridgehead atoms. The molecule has 1 saturated heterocycles. The second-order valence-corrected chi connectivity index (χ2v) is 6.88. The van der Waals surface area contributed by atoms with Crippen molar-refractivity contribution in [3.05, 3.63) is 60.0 Å². The number of hydrogen-bond acceptors (Lipinski definition) is 6. The maximum absolute atomic E-state index is 12.7. The Hall–Kier alpha value is -3.29. The Labute approximate surface area is 163 Å². The molecule has 28 heavy (non-hydrogen) atoms. The Morgan fingerprint density at radius 1 is 1.21 bits per heavy atom. The quantitative estimate of drug-likeness (QED) is 0.655. The minimum atomic E-state index is -0.0251. The van der Waals surface area contributed by atoms with E-state index in [9.17, 15) is 4.79 Å². The highest BCUT2D eigenvalue weighted by Crippen LogP contribution is 2.32. The molecule has 1 aromatic carbocycles. The average molecular weight is 378 g/mol. The predicted molar refractivity (Wildman–Crippen MR) is 102 cm³/mol. The zero-order chi connectivity index (χ0) is 19.3. The topological polar surface area (TPSA) is 86.0 Å². The summed E-state index contributed by atoms with van der Waals surface area (Å²) in [5.74, 6) is 1.37. The molecule has 0 saturated carbocycles.